The first-order chi connectivity index (χ1) is 10.7. The van der Waals surface area contributed by atoms with Crippen LogP contribution in [-0.2, 0) is 19.6 Å². The molecule has 2 aliphatic heterocycles. The van der Waals surface area contributed by atoms with Gasteiger partial charge in [0.1, 0.15) is 0 Å². The van der Waals surface area contributed by atoms with Gasteiger partial charge in [0.05, 0.1) is 17.2 Å². The first-order valence-corrected chi connectivity index (χ1v) is 9.43. The Morgan fingerprint density at radius 3 is 2.52 bits per heavy atom. The largest absolute Gasteiger partial charge is 0.481 e. The van der Waals surface area contributed by atoms with Crippen molar-refractivity contribution in [1.82, 2.24) is 14.5 Å². The normalized spacial score (nSPS) is 25.0. The molecule has 0 bridgehead atoms. The van der Waals surface area contributed by atoms with Crippen molar-refractivity contribution in [3.05, 3.63) is 0 Å². The maximum absolute atomic E-state index is 11.7. The second-order valence-electron chi connectivity index (χ2n) is 6.59. The molecule has 0 aliphatic carbocycles. The summed E-state index contributed by atoms with van der Waals surface area (Å²) in [6.45, 7) is 2.01. The minimum absolute atomic E-state index is 0.0520. The number of piperidine rings is 1. The number of carbonyl (C=O) groups excluding carboxylic acids is 1. The highest BCUT2D eigenvalue weighted by Gasteiger charge is 2.51. The molecule has 9 heteroatoms. The van der Waals surface area contributed by atoms with E-state index in [1.54, 1.807) is 0 Å². The highest BCUT2D eigenvalue weighted by molar-refractivity contribution is 7.89. The van der Waals surface area contributed by atoms with Crippen LogP contribution in [0.2, 0.25) is 0 Å². The van der Waals surface area contributed by atoms with Crippen LogP contribution in [0, 0.1) is 5.92 Å². The van der Waals surface area contributed by atoms with Crippen LogP contribution < -0.4 is 5.32 Å². The molecule has 0 aromatic rings. The van der Waals surface area contributed by atoms with Crippen molar-refractivity contribution in [1.29, 1.82) is 0 Å². The van der Waals surface area contributed by atoms with Gasteiger partial charge in [0, 0.05) is 33.6 Å². The number of sulfonamides is 1. The summed E-state index contributed by atoms with van der Waals surface area (Å²) in [6.07, 6.45) is 1.78. The second kappa shape index (κ2) is 6.74. The number of hydrogen-bond acceptors (Lipinski definition) is 5. The molecular formula is C14H25N3O5S. The molecule has 0 saturated carbocycles. The van der Waals surface area contributed by atoms with Crippen molar-refractivity contribution >= 4 is 21.9 Å². The van der Waals surface area contributed by atoms with Crippen LogP contribution in [0.1, 0.15) is 25.7 Å². The van der Waals surface area contributed by atoms with Gasteiger partial charge in [-0.2, -0.15) is 0 Å². The SMILES string of the molecule is CN(C)S(=O)(=O)CCCN1CCC2(CC1)NC(=O)CC2C(=O)O. The molecule has 132 valence electrons. The molecule has 2 heterocycles. The van der Waals surface area contributed by atoms with E-state index in [1.807, 2.05) is 0 Å². The van der Waals surface area contributed by atoms with Crippen LogP contribution in [0.3, 0.4) is 0 Å². The number of nitrogens with one attached hydrogen (secondary N) is 1. The lowest BCUT2D eigenvalue weighted by atomic mass is 9.78. The minimum atomic E-state index is -3.18. The molecule has 2 aliphatic rings. The molecule has 1 amide bonds. The summed E-state index contributed by atoms with van der Waals surface area (Å²) >= 11 is 0. The number of aliphatic carboxylic acids is 1. The fourth-order valence-corrected chi connectivity index (χ4v) is 4.28. The van der Waals surface area contributed by atoms with E-state index >= 15 is 0 Å². The molecule has 1 atom stereocenters. The minimum Gasteiger partial charge on any atom is -0.481 e. The lowest BCUT2D eigenvalue weighted by Crippen LogP contribution is -2.55. The van der Waals surface area contributed by atoms with Crippen molar-refractivity contribution in [2.45, 2.75) is 31.2 Å². The maximum atomic E-state index is 11.7. The Kier molecular flexibility index (Phi) is 5.32. The van der Waals surface area contributed by atoms with E-state index in [1.165, 1.54) is 18.4 Å². The smallest absolute Gasteiger partial charge is 0.309 e. The Hall–Kier alpha value is -1.19. The Bertz CT molecular complexity index is 567. The summed E-state index contributed by atoms with van der Waals surface area (Å²) in [4.78, 5) is 25.1. The Morgan fingerprint density at radius 1 is 1.39 bits per heavy atom. The van der Waals surface area contributed by atoms with Crippen molar-refractivity contribution in [3.63, 3.8) is 0 Å². The van der Waals surface area contributed by atoms with E-state index in [0.29, 0.717) is 38.9 Å². The van der Waals surface area contributed by atoms with Crippen LogP contribution in [-0.4, -0.2) is 79.6 Å². The summed E-state index contributed by atoms with van der Waals surface area (Å²) in [7, 11) is -0.131. The number of likely N-dealkylation sites (tertiary alicyclic amines) is 1. The third-order valence-electron chi connectivity index (χ3n) is 4.92. The zero-order chi connectivity index (χ0) is 17.3. The Morgan fingerprint density at radius 2 is 2.00 bits per heavy atom. The van der Waals surface area contributed by atoms with Gasteiger partial charge in [-0.05, 0) is 25.8 Å². The first kappa shape index (κ1) is 18.2. The summed E-state index contributed by atoms with van der Waals surface area (Å²) in [5, 5.41) is 12.2. The number of nitrogens with zero attached hydrogens (tertiary/aromatic N) is 2. The van der Waals surface area contributed by atoms with Gasteiger partial charge in [-0.25, -0.2) is 12.7 Å². The van der Waals surface area contributed by atoms with Crippen LogP contribution in [0.5, 0.6) is 0 Å². The summed E-state index contributed by atoms with van der Waals surface area (Å²) in [6, 6.07) is 0. The number of carbonyl (C=O) groups is 2. The maximum Gasteiger partial charge on any atom is 0.309 e. The van der Waals surface area contributed by atoms with Gasteiger partial charge >= 0.3 is 5.97 Å². The van der Waals surface area contributed by atoms with Crippen molar-refractivity contribution < 1.29 is 23.1 Å². The first-order valence-electron chi connectivity index (χ1n) is 7.83. The van der Waals surface area contributed by atoms with Crippen molar-refractivity contribution in [3.8, 4) is 0 Å². The lowest BCUT2D eigenvalue weighted by Gasteiger charge is -2.41. The van der Waals surface area contributed by atoms with E-state index in [9.17, 15) is 23.1 Å². The summed E-state index contributed by atoms with van der Waals surface area (Å²) in [5.74, 6) is -1.67. The molecule has 0 aromatic heterocycles. The molecule has 2 saturated heterocycles. The molecule has 23 heavy (non-hydrogen) atoms. The fraction of sp³-hybridized carbons (Fsp3) is 0.857. The fourth-order valence-electron chi connectivity index (χ4n) is 3.42. The van der Waals surface area contributed by atoms with Crippen molar-refractivity contribution in [2.24, 2.45) is 5.92 Å². The molecule has 1 spiro atoms. The van der Waals surface area contributed by atoms with Crippen LogP contribution in [0.25, 0.3) is 0 Å². The highest BCUT2D eigenvalue weighted by atomic mass is 32.2. The van der Waals surface area contributed by atoms with E-state index in [-0.39, 0.29) is 18.1 Å². The lowest BCUT2D eigenvalue weighted by molar-refractivity contribution is -0.144. The molecule has 8 nitrogen and oxygen atoms in total. The third kappa shape index (κ3) is 4.02. The predicted molar refractivity (Wildman–Crippen MR) is 84.4 cm³/mol. The molecule has 2 rings (SSSR count). The highest BCUT2D eigenvalue weighted by Crippen LogP contribution is 2.36. The third-order valence-corrected chi connectivity index (χ3v) is 6.84. The molecule has 1 unspecified atom stereocenters. The van der Waals surface area contributed by atoms with Crippen LogP contribution >= 0.6 is 0 Å². The average molecular weight is 347 g/mol. The quantitative estimate of drug-likeness (QED) is 0.659. The molecule has 0 aromatic carbocycles. The number of carboxylic acid groups (broad SMARTS) is 1. The van der Waals surface area contributed by atoms with Gasteiger partial charge in [-0.1, -0.05) is 0 Å². The topological polar surface area (TPSA) is 107 Å². The molecule has 2 fully saturated rings. The Labute approximate surface area is 136 Å². The summed E-state index contributed by atoms with van der Waals surface area (Å²) < 4.78 is 24.7. The number of rotatable bonds is 6. The van der Waals surface area contributed by atoms with E-state index < -0.39 is 27.4 Å². The van der Waals surface area contributed by atoms with Gasteiger partial charge < -0.3 is 15.3 Å². The zero-order valence-corrected chi connectivity index (χ0v) is 14.4. The standard InChI is InChI=1S/C14H25N3O5S/c1-16(2)23(21,22)9-3-6-17-7-4-14(5-8-17)11(13(19)20)10-12(18)15-14/h11H,3-10H2,1-2H3,(H,15,18)(H,19,20). The summed E-state index contributed by atoms with van der Waals surface area (Å²) in [5.41, 5.74) is -0.630. The zero-order valence-electron chi connectivity index (χ0n) is 13.6. The second-order valence-corrected chi connectivity index (χ2v) is 8.90. The van der Waals surface area contributed by atoms with Gasteiger partial charge in [0.25, 0.3) is 0 Å². The van der Waals surface area contributed by atoms with E-state index in [0.717, 1.165) is 0 Å². The van der Waals surface area contributed by atoms with Gasteiger partial charge in [-0.3, -0.25) is 9.59 Å². The van der Waals surface area contributed by atoms with E-state index in [4.69, 9.17) is 0 Å². The molecular weight excluding hydrogens is 322 g/mol. The predicted octanol–water partition coefficient (Wildman–Crippen LogP) is -0.677. The van der Waals surface area contributed by atoms with E-state index in [2.05, 4.69) is 10.2 Å². The van der Waals surface area contributed by atoms with Gasteiger partial charge in [0.15, 0.2) is 0 Å². The number of hydrogen-bond donors (Lipinski definition) is 2. The monoisotopic (exact) mass is 347 g/mol. The number of carboxylic acids is 1. The Balaban J connectivity index is 1.84. The molecule has 2 N–H and O–H groups in total. The molecule has 0 radical (unpaired) electrons. The van der Waals surface area contributed by atoms with Gasteiger partial charge in [0.2, 0.25) is 15.9 Å². The van der Waals surface area contributed by atoms with Crippen LogP contribution in [0.15, 0.2) is 0 Å². The van der Waals surface area contributed by atoms with Crippen molar-refractivity contribution in [2.75, 3.05) is 39.5 Å². The average Bonchev–Trinajstić information content (AvgIpc) is 2.78. The van der Waals surface area contributed by atoms with Crippen LogP contribution in [0.4, 0.5) is 0 Å². The van der Waals surface area contributed by atoms with Gasteiger partial charge in [-0.15, -0.1) is 0 Å². The number of amides is 1.